The zero-order valence-electron chi connectivity index (χ0n) is 12.2. The molecule has 21 heavy (non-hydrogen) atoms. The molecule has 0 aromatic heterocycles. The third kappa shape index (κ3) is 4.49. The predicted molar refractivity (Wildman–Crippen MR) is 79.4 cm³/mol. The van der Waals surface area contributed by atoms with Crippen molar-refractivity contribution < 1.29 is 18.3 Å². The molecule has 0 radical (unpaired) electrons. The van der Waals surface area contributed by atoms with Crippen LogP contribution in [0, 0.1) is 0 Å². The van der Waals surface area contributed by atoms with Crippen LogP contribution >= 0.6 is 0 Å². The van der Waals surface area contributed by atoms with Crippen LogP contribution in [0.25, 0.3) is 0 Å². The van der Waals surface area contributed by atoms with Crippen LogP contribution in [0.5, 0.6) is 0 Å². The summed E-state index contributed by atoms with van der Waals surface area (Å²) in [6.45, 7) is 5.44. The van der Waals surface area contributed by atoms with E-state index in [2.05, 4.69) is 16.5 Å². The van der Waals surface area contributed by atoms with E-state index in [1.807, 2.05) is 0 Å². The summed E-state index contributed by atoms with van der Waals surface area (Å²) in [5, 5.41) is 8.97. The van der Waals surface area contributed by atoms with Gasteiger partial charge in [-0.05, 0) is 24.2 Å². The van der Waals surface area contributed by atoms with Crippen LogP contribution in [0.2, 0.25) is 0 Å². The second-order valence-electron chi connectivity index (χ2n) is 5.04. The van der Waals surface area contributed by atoms with Crippen molar-refractivity contribution in [2.45, 2.75) is 24.5 Å². The fraction of sp³-hybridized carbons (Fsp3) is 0.571. The summed E-state index contributed by atoms with van der Waals surface area (Å²) in [6.07, 6.45) is -0.120. The fourth-order valence-corrected chi connectivity index (χ4v) is 3.32. The summed E-state index contributed by atoms with van der Waals surface area (Å²) >= 11 is 0. The van der Waals surface area contributed by atoms with E-state index in [9.17, 15) is 8.42 Å². The zero-order chi connectivity index (χ0) is 15.3. The molecular weight excluding hydrogens is 292 g/mol. The van der Waals surface area contributed by atoms with Crippen LogP contribution in [0.1, 0.15) is 12.5 Å². The van der Waals surface area contributed by atoms with Crippen LogP contribution in [-0.4, -0.2) is 57.3 Å². The van der Waals surface area contributed by atoms with E-state index in [1.54, 1.807) is 12.1 Å². The number of aliphatic hydroxyl groups excluding tert-OH is 1. The molecule has 1 saturated heterocycles. The molecule has 1 unspecified atom stereocenters. The topological polar surface area (TPSA) is 78.9 Å². The second-order valence-corrected chi connectivity index (χ2v) is 6.81. The Balaban J connectivity index is 1.94. The Morgan fingerprint density at radius 1 is 1.38 bits per heavy atom. The lowest BCUT2D eigenvalue weighted by Gasteiger charge is -2.32. The van der Waals surface area contributed by atoms with Crippen LogP contribution < -0.4 is 4.72 Å². The summed E-state index contributed by atoms with van der Waals surface area (Å²) in [4.78, 5) is 2.43. The number of rotatable bonds is 6. The molecule has 1 fully saturated rings. The van der Waals surface area contributed by atoms with Crippen molar-refractivity contribution in [1.82, 2.24) is 9.62 Å². The first kappa shape index (κ1) is 16.4. The molecule has 1 aliphatic heterocycles. The minimum Gasteiger partial charge on any atom is -0.392 e. The monoisotopic (exact) mass is 314 g/mol. The summed E-state index contributed by atoms with van der Waals surface area (Å²) in [5.74, 6) is 0. The Morgan fingerprint density at radius 3 is 2.71 bits per heavy atom. The van der Waals surface area contributed by atoms with E-state index in [-0.39, 0.29) is 24.2 Å². The van der Waals surface area contributed by atoms with Gasteiger partial charge in [0.15, 0.2) is 0 Å². The lowest BCUT2D eigenvalue weighted by atomic mass is 10.2. The Morgan fingerprint density at radius 2 is 2.10 bits per heavy atom. The quantitative estimate of drug-likeness (QED) is 0.783. The highest BCUT2D eigenvalue weighted by atomic mass is 32.2. The van der Waals surface area contributed by atoms with Crippen molar-refractivity contribution in [3.05, 3.63) is 29.8 Å². The Bertz CT molecular complexity index is 545. The van der Waals surface area contributed by atoms with Crippen molar-refractivity contribution in [3.8, 4) is 0 Å². The number of nitrogens with zero attached hydrogens (tertiary/aromatic N) is 1. The molecule has 1 aromatic rings. The van der Waals surface area contributed by atoms with Gasteiger partial charge in [-0.1, -0.05) is 19.1 Å². The maximum absolute atomic E-state index is 12.2. The average molecular weight is 314 g/mol. The molecular formula is C14H22N2O4S. The summed E-state index contributed by atoms with van der Waals surface area (Å²) in [6, 6.07) is 6.19. The highest BCUT2D eigenvalue weighted by molar-refractivity contribution is 7.89. The maximum atomic E-state index is 12.2. The summed E-state index contributed by atoms with van der Waals surface area (Å²) in [7, 11) is -3.54. The van der Waals surface area contributed by atoms with Crippen molar-refractivity contribution in [1.29, 1.82) is 0 Å². The molecule has 1 aliphatic rings. The predicted octanol–water partition coefficient (Wildman–Crippen LogP) is 0.178. The van der Waals surface area contributed by atoms with E-state index >= 15 is 0 Å². The first-order valence-electron chi connectivity index (χ1n) is 7.08. The number of likely N-dealkylation sites (N-methyl/N-ethyl adjacent to an activating group) is 1. The van der Waals surface area contributed by atoms with Crippen molar-refractivity contribution in [2.75, 3.05) is 32.8 Å². The molecule has 7 heteroatoms. The van der Waals surface area contributed by atoms with Gasteiger partial charge < -0.3 is 9.84 Å². The minimum atomic E-state index is -3.54. The summed E-state index contributed by atoms with van der Waals surface area (Å²) < 4.78 is 32.5. The van der Waals surface area contributed by atoms with Gasteiger partial charge in [-0.25, -0.2) is 13.1 Å². The highest BCUT2D eigenvalue weighted by Crippen LogP contribution is 2.11. The largest absolute Gasteiger partial charge is 0.392 e. The Hall–Kier alpha value is -0.990. The molecule has 118 valence electrons. The number of hydrogen-bond donors (Lipinski definition) is 2. The standard InChI is InChI=1S/C14H22N2O4S/c1-2-16-7-8-20-13(10-16)9-15-21(18,19)14-5-3-12(11-17)4-6-14/h3-6,13,15,17H,2,7-11H2,1H3. The van der Waals surface area contributed by atoms with Gasteiger partial charge in [0.05, 0.1) is 24.2 Å². The van der Waals surface area contributed by atoms with Crippen LogP contribution in [-0.2, 0) is 21.4 Å². The number of benzene rings is 1. The van der Waals surface area contributed by atoms with Gasteiger partial charge in [0.2, 0.25) is 10.0 Å². The first-order valence-corrected chi connectivity index (χ1v) is 8.57. The lowest BCUT2D eigenvalue weighted by Crippen LogP contribution is -2.47. The number of ether oxygens (including phenoxy) is 1. The van der Waals surface area contributed by atoms with Gasteiger partial charge >= 0.3 is 0 Å². The van der Waals surface area contributed by atoms with Gasteiger partial charge in [-0.15, -0.1) is 0 Å². The molecule has 2 rings (SSSR count). The Labute approximate surface area is 125 Å². The zero-order valence-corrected chi connectivity index (χ0v) is 13.0. The van der Waals surface area contributed by atoms with Gasteiger partial charge in [0.1, 0.15) is 0 Å². The maximum Gasteiger partial charge on any atom is 0.240 e. The second kappa shape index (κ2) is 7.33. The first-order chi connectivity index (χ1) is 10.0. The molecule has 0 spiro atoms. The number of aliphatic hydroxyl groups is 1. The molecule has 6 nitrogen and oxygen atoms in total. The third-order valence-corrected chi connectivity index (χ3v) is 5.03. The van der Waals surface area contributed by atoms with E-state index in [0.717, 1.165) is 19.6 Å². The molecule has 2 N–H and O–H groups in total. The highest BCUT2D eigenvalue weighted by Gasteiger charge is 2.22. The normalized spacial score (nSPS) is 20.6. The van der Waals surface area contributed by atoms with Crippen LogP contribution in [0.4, 0.5) is 0 Å². The number of nitrogens with one attached hydrogen (secondary N) is 1. The van der Waals surface area contributed by atoms with E-state index in [4.69, 9.17) is 9.84 Å². The number of morpholine rings is 1. The molecule has 0 aliphatic carbocycles. The fourth-order valence-electron chi connectivity index (χ4n) is 2.25. The number of sulfonamides is 1. The average Bonchev–Trinajstić information content (AvgIpc) is 2.53. The van der Waals surface area contributed by atoms with Gasteiger partial charge in [-0.3, -0.25) is 4.90 Å². The summed E-state index contributed by atoms with van der Waals surface area (Å²) in [5.41, 5.74) is 0.683. The van der Waals surface area contributed by atoms with E-state index in [0.29, 0.717) is 12.2 Å². The van der Waals surface area contributed by atoms with Crippen molar-refractivity contribution >= 4 is 10.0 Å². The smallest absolute Gasteiger partial charge is 0.240 e. The van der Waals surface area contributed by atoms with Crippen molar-refractivity contribution in [3.63, 3.8) is 0 Å². The SMILES string of the molecule is CCN1CCOC(CNS(=O)(=O)c2ccc(CO)cc2)C1. The molecule has 1 heterocycles. The van der Waals surface area contributed by atoms with E-state index < -0.39 is 10.0 Å². The third-order valence-electron chi connectivity index (χ3n) is 3.59. The molecule has 0 bridgehead atoms. The molecule has 1 aromatic carbocycles. The van der Waals surface area contributed by atoms with Crippen molar-refractivity contribution in [2.24, 2.45) is 0 Å². The van der Waals surface area contributed by atoms with Crippen LogP contribution in [0.3, 0.4) is 0 Å². The van der Waals surface area contributed by atoms with Gasteiger partial charge in [0.25, 0.3) is 0 Å². The lowest BCUT2D eigenvalue weighted by molar-refractivity contribution is -0.0229. The molecule has 0 amide bonds. The molecule has 0 saturated carbocycles. The number of hydrogen-bond acceptors (Lipinski definition) is 5. The Kier molecular flexibility index (Phi) is 5.72. The minimum absolute atomic E-state index is 0.101. The molecule has 1 atom stereocenters. The van der Waals surface area contributed by atoms with E-state index in [1.165, 1.54) is 12.1 Å². The van der Waals surface area contributed by atoms with Crippen LogP contribution in [0.15, 0.2) is 29.2 Å². The van der Waals surface area contributed by atoms with Gasteiger partial charge in [-0.2, -0.15) is 0 Å². The van der Waals surface area contributed by atoms with Gasteiger partial charge in [0, 0.05) is 19.6 Å².